The van der Waals surface area contributed by atoms with Crippen molar-refractivity contribution in [1.29, 1.82) is 0 Å². The average molecular weight is 393 g/mol. The van der Waals surface area contributed by atoms with Gasteiger partial charge in [0.15, 0.2) is 0 Å². The summed E-state index contributed by atoms with van der Waals surface area (Å²) in [5, 5.41) is 0. The number of esters is 2. The van der Waals surface area contributed by atoms with Gasteiger partial charge in [-0.2, -0.15) is 0 Å². The molecule has 0 fully saturated rings. The zero-order chi connectivity index (χ0) is 21.1. The first kappa shape index (κ1) is 24.1. The molecule has 0 amide bonds. The van der Waals surface area contributed by atoms with Gasteiger partial charge in [0.25, 0.3) is 0 Å². The fourth-order valence-corrected chi connectivity index (χ4v) is 2.81. The second-order valence-electron chi connectivity index (χ2n) is 7.42. The van der Waals surface area contributed by atoms with E-state index in [0.717, 1.165) is 11.1 Å². The Morgan fingerprint density at radius 3 is 1.32 bits per heavy atom. The van der Waals surface area contributed by atoms with E-state index >= 15 is 0 Å². The molecule has 0 unspecified atom stereocenters. The van der Waals surface area contributed by atoms with E-state index in [1.165, 1.54) is 0 Å². The molecular formula is C22H36N2O4. The molecule has 0 N–H and O–H groups in total. The Bertz CT molecular complexity index is 546. The summed E-state index contributed by atoms with van der Waals surface area (Å²) in [5.74, 6) is -0.390. The first-order chi connectivity index (χ1) is 13.3. The van der Waals surface area contributed by atoms with Gasteiger partial charge in [0.2, 0.25) is 0 Å². The third-order valence-corrected chi connectivity index (χ3v) is 4.53. The topological polar surface area (TPSA) is 59.1 Å². The predicted octanol–water partition coefficient (Wildman–Crippen LogP) is 3.23. The lowest BCUT2D eigenvalue weighted by Gasteiger charge is -2.26. The van der Waals surface area contributed by atoms with Crippen LogP contribution in [0, 0.1) is 0 Å². The van der Waals surface area contributed by atoms with Crippen LogP contribution in [0.2, 0.25) is 0 Å². The first-order valence-electron chi connectivity index (χ1n) is 10.1. The van der Waals surface area contributed by atoms with Gasteiger partial charge in [0.05, 0.1) is 26.3 Å². The Morgan fingerprint density at radius 1 is 0.750 bits per heavy atom. The molecule has 1 rings (SSSR count). The number of ether oxygens (including phenoxy) is 2. The number of hydrogen-bond acceptors (Lipinski definition) is 6. The van der Waals surface area contributed by atoms with Gasteiger partial charge in [-0.15, -0.1) is 0 Å². The summed E-state index contributed by atoms with van der Waals surface area (Å²) in [6, 6.07) is 8.81. The molecule has 0 aliphatic heterocycles. The molecule has 0 saturated heterocycles. The van der Waals surface area contributed by atoms with Crippen molar-refractivity contribution in [3.05, 3.63) is 35.4 Å². The summed E-state index contributed by atoms with van der Waals surface area (Å²) in [6.45, 7) is 14.7. The van der Waals surface area contributed by atoms with Crippen molar-refractivity contribution in [2.24, 2.45) is 0 Å². The number of rotatable bonds is 12. The molecule has 0 heterocycles. The van der Waals surface area contributed by atoms with E-state index in [1.807, 2.05) is 13.8 Å². The summed E-state index contributed by atoms with van der Waals surface area (Å²) < 4.78 is 10.1. The van der Waals surface area contributed by atoms with Gasteiger partial charge in [-0.05, 0) is 52.7 Å². The van der Waals surface area contributed by atoms with Crippen molar-refractivity contribution in [1.82, 2.24) is 9.80 Å². The van der Waals surface area contributed by atoms with E-state index in [-0.39, 0.29) is 37.1 Å². The van der Waals surface area contributed by atoms with Gasteiger partial charge < -0.3 is 9.47 Å². The molecule has 1 aromatic rings. The number of carbonyl (C=O) groups excluding carboxylic acids is 2. The van der Waals surface area contributed by atoms with Crippen LogP contribution in [0.4, 0.5) is 0 Å². The number of nitrogens with zero attached hydrogens (tertiary/aromatic N) is 2. The fraction of sp³-hybridized carbons (Fsp3) is 0.636. The van der Waals surface area contributed by atoms with Crippen molar-refractivity contribution < 1.29 is 19.1 Å². The summed E-state index contributed by atoms with van der Waals surface area (Å²) in [6.07, 6.45) is 0. The van der Waals surface area contributed by atoms with Crippen LogP contribution in [0.3, 0.4) is 0 Å². The van der Waals surface area contributed by atoms with Gasteiger partial charge in [0, 0.05) is 25.2 Å². The van der Waals surface area contributed by atoms with Crippen LogP contribution in [0.25, 0.3) is 0 Å². The highest BCUT2D eigenvalue weighted by atomic mass is 16.5. The van der Waals surface area contributed by atoms with E-state index < -0.39 is 0 Å². The van der Waals surface area contributed by atoms with Crippen LogP contribution < -0.4 is 0 Å². The molecule has 0 aromatic heterocycles. The van der Waals surface area contributed by atoms with Gasteiger partial charge in [-0.25, -0.2) is 0 Å². The summed E-state index contributed by atoms with van der Waals surface area (Å²) >= 11 is 0. The quantitative estimate of drug-likeness (QED) is 0.509. The molecule has 6 heteroatoms. The Morgan fingerprint density at radius 2 is 1.07 bits per heavy atom. The molecule has 0 saturated carbocycles. The number of hydrogen-bond donors (Lipinski definition) is 0. The van der Waals surface area contributed by atoms with Crippen molar-refractivity contribution >= 4 is 11.9 Å². The van der Waals surface area contributed by atoms with Gasteiger partial charge in [-0.3, -0.25) is 19.4 Å². The zero-order valence-electron chi connectivity index (χ0n) is 18.2. The van der Waals surface area contributed by atoms with Gasteiger partial charge >= 0.3 is 11.9 Å². The summed E-state index contributed by atoms with van der Waals surface area (Å²) in [5.41, 5.74) is 2.28. The minimum absolute atomic E-state index is 0.195. The third kappa shape index (κ3) is 8.85. The Kier molecular flexibility index (Phi) is 10.8. The molecule has 6 nitrogen and oxygen atoms in total. The van der Waals surface area contributed by atoms with E-state index in [1.54, 1.807) is 0 Å². The highest BCUT2D eigenvalue weighted by Crippen LogP contribution is 2.13. The van der Waals surface area contributed by atoms with Crippen LogP contribution in [0.1, 0.15) is 52.7 Å². The van der Waals surface area contributed by atoms with Crippen molar-refractivity contribution in [2.75, 3.05) is 26.3 Å². The Labute approximate surface area is 169 Å². The van der Waals surface area contributed by atoms with Crippen LogP contribution >= 0.6 is 0 Å². The van der Waals surface area contributed by atoms with Crippen LogP contribution in [0.15, 0.2) is 24.3 Å². The molecule has 0 radical (unpaired) electrons. The largest absolute Gasteiger partial charge is 0.465 e. The van der Waals surface area contributed by atoms with E-state index in [4.69, 9.17) is 9.47 Å². The maximum atomic E-state index is 11.8. The third-order valence-electron chi connectivity index (χ3n) is 4.53. The standard InChI is InChI=1S/C22H36N2O4/c1-7-27-21(25)15-23(17(3)4)13-19-9-11-20(12-10-19)14-24(18(5)6)16-22(26)28-8-2/h9-12,17-18H,7-8,13-16H2,1-6H3. The van der Waals surface area contributed by atoms with Crippen molar-refractivity contribution in [3.8, 4) is 0 Å². The zero-order valence-corrected chi connectivity index (χ0v) is 18.2. The number of benzene rings is 1. The van der Waals surface area contributed by atoms with Gasteiger partial charge in [-0.1, -0.05) is 24.3 Å². The normalized spacial score (nSPS) is 11.5. The van der Waals surface area contributed by atoms with E-state index in [2.05, 4.69) is 61.8 Å². The summed E-state index contributed by atoms with van der Waals surface area (Å²) in [4.78, 5) is 27.8. The number of carbonyl (C=O) groups is 2. The maximum absolute atomic E-state index is 11.8. The molecule has 158 valence electrons. The van der Waals surface area contributed by atoms with Crippen molar-refractivity contribution in [3.63, 3.8) is 0 Å². The lowest BCUT2D eigenvalue weighted by molar-refractivity contribution is -0.146. The molecule has 0 spiro atoms. The molecule has 0 atom stereocenters. The second-order valence-corrected chi connectivity index (χ2v) is 7.42. The monoisotopic (exact) mass is 392 g/mol. The first-order valence-corrected chi connectivity index (χ1v) is 10.1. The highest BCUT2D eigenvalue weighted by molar-refractivity contribution is 5.72. The highest BCUT2D eigenvalue weighted by Gasteiger charge is 2.17. The van der Waals surface area contributed by atoms with Crippen molar-refractivity contribution in [2.45, 2.75) is 66.7 Å². The smallest absolute Gasteiger partial charge is 0.320 e. The molecular weight excluding hydrogens is 356 g/mol. The predicted molar refractivity (Wildman–Crippen MR) is 111 cm³/mol. The Hall–Kier alpha value is -1.92. The maximum Gasteiger partial charge on any atom is 0.320 e. The molecule has 0 bridgehead atoms. The van der Waals surface area contributed by atoms with Gasteiger partial charge in [0.1, 0.15) is 0 Å². The fourth-order valence-electron chi connectivity index (χ4n) is 2.81. The van der Waals surface area contributed by atoms with Crippen LogP contribution in [0.5, 0.6) is 0 Å². The lowest BCUT2D eigenvalue weighted by Crippen LogP contribution is -2.36. The molecule has 0 aliphatic carbocycles. The minimum Gasteiger partial charge on any atom is -0.465 e. The average Bonchev–Trinajstić information content (AvgIpc) is 2.62. The summed E-state index contributed by atoms with van der Waals surface area (Å²) in [7, 11) is 0. The lowest BCUT2D eigenvalue weighted by atomic mass is 10.1. The van der Waals surface area contributed by atoms with Crippen LogP contribution in [-0.4, -0.2) is 60.1 Å². The minimum atomic E-state index is -0.195. The Balaban J connectivity index is 2.72. The second kappa shape index (κ2) is 12.5. The van der Waals surface area contributed by atoms with E-state index in [0.29, 0.717) is 26.3 Å². The SMILES string of the molecule is CCOC(=O)CN(Cc1ccc(CN(CC(=O)OCC)C(C)C)cc1)C(C)C. The van der Waals surface area contributed by atoms with E-state index in [9.17, 15) is 9.59 Å². The molecule has 28 heavy (non-hydrogen) atoms. The molecule has 1 aromatic carbocycles. The van der Waals surface area contributed by atoms with Crippen LogP contribution in [-0.2, 0) is 32.2 Å². The molecule has 0 aliphatic rings.